The molecule has 0 rings (SSSR count). The van der Waals surface area contributed by atoms with Gasteiger partial charge in [-0.3, -0.25) is 4.90 Å². The van der Waals surface area contributed by atoms with Gasteiger partial charge in [-0.2, -0.15) is 12.6 Å². The van der Waals surface area contributed by atoms with Crippen molar-refractivity contribution in [3.8, 4) is 0 Å². The number of thiol groups is 1. The lowest BCUT2D eigenvalue weighted by molar-refractivity contribution is -0.143. The number of ether oxygens (including phenoxy) is 1. The number of carbonyl (C=O) groups is 2. The summed E-state index contributed by atoms with van der Waals surface area (Å²) >= 11 is 4.05. The van der Waals surface area contributed by atoms with Crippen LogP contribution in [0, 0.1) is 0 Å². The summed E-state index contributed by atoms with van der Waals surface area (Å²) in [7, 11) is 0. The van der Waals surface area contributed by atoms with Crippen molar-refractivity contribution in [2.75, 3.05) is 12.3 Å². The van der Waals surface area contributed by atoms with Crippen LogP contribution in [0.5, 0.6) is 0 Å². The SMILES string of the molecule is CCCCN(C(=O)OC(C)(C)C)C(CCS)C(=O)O. The molecule has 0 aliphatic carbocycles. The number of carboxylic acid groups (broad SMARTS) is 1. The summed E-state index contributed by atoms with van der Waals surface area (Å²) in [5.41, 5.74) is -0.633. The maximum absolute atomic E-state index is 12.1. The van der Waals surface area contributed by atoms with Crippen LogP contribution in [0.3, 0.4) is 0 Å². The van der Waals surface area contributed by atoms with Crippen LogP contribution < -0.4 is 0 Å². The number of carboxylic acids is 1. The quantitative estimate of drug-likeness (QED) is 0.708. The molecule has 0 spiro atoms. The van der Waals surface area contributed by atoms with Crippen molar-refractivity contribution in [1.82, 2.24) is 4.90 Å². The van der Waals surface area contributed by atoms with Gasteiger partial charge >= 0.3 is 12.1 Å². The van der Waals surface area contributed by atoms with E-state index in [9.17, 15) is 14.7 Å². The molecule has 1 unspecified atom stereocenters. The van der Waals surface area contributed by atoms with Crippen LogP contribution in [0.2, 0.25) is 0 Å². The van der Waals surface area contributed by atoms with E-state index in [1.807, 2.05) is 6.92 Å². The van der Waals surface area contributed by atoms with Gasteiger partial charge in [-0.1, -0.05) is 13.3 Å². The van der Waals surface area contributed by atoms with Crippen LogP contribution in [-0.2, 0) is 9.53 Å². The minimum atomic E-state index is -1.02. The highest BCUT2D eigenvalue weighted by atomic mass is 32.1. The predicted molar refractivity (Wildman–Crippen MR) is 77.7 cm³/mol. The van der Waals surface area contributed by atoms with Crippen molar-refractivity contribution >= 4 is 24.7 Å². The van der Waals surface area contributed by atoms with Gasteiger partial charge in [0.05, 0.1) is 0 Å². The van der Waals surface area contributed by atoms with Gasteiger partial charge in [-0.05, 0) is 39.4 Å². The zero-order valence-corrected chi connectivity index (χ0v) is 13.1. The van der Waals surface area contributed by atoms with E-state index < -0.39 is 23.7 Å². The first-order valence-corrected chi connectivity index (χ1v) is 7.19. The average Bonchev–Trinajstić information content (AvgIpc) is 2.25. The van der Waals surface area contributed by atoms with E-state index in [2.05, 4.69) is 12.6 Å². The van der Waals surface area contributed by atoms with Crippen LogP contribution in [0.4, 0.5) is 4.79 Å². The summed E-state index contributed by atoms with van der Waals surface area (Å²) in [5, 5.41) is 9.24. The molecule has 0 aliphatic heterocycles. The Balaban J connectivity index is 4.94. The van der Waals surface area contributed by atoms with Crippen LogP contribution in [0.25, 0.3) is 0 Å². The molecule has 0 aromatic heterocycles. The first kappa shape index (κ1) is 18.1. The molecular weight excluding hydrogens is 266 g/mol. The number of rotatable bonds is 7. The lowest BCUT2D eigenvalue weighted by Gasteiger charge is -2.31. The molecule has 1 atom stereocenters. The third-order valence-corrected chi connectivity index (χ3v) is 2.70. The standard InChI is InChI=1S/C13H25NO4S/c1-5-6-8-14(10(7-9-19)11(15)16)12(17)18-13(2,3)4/h10,19H,5-9H2,1-4H3,(H,15,16). The summed E-state index contributed by atoms with van der Waals surface area (Å²) in [5.74, 6) is -0.612. The number of carbonyl (C=O) groups excluding carboxylic acids is 1. The normalized spacial score (nSPS) is 12.9. The Hall–Kier alpha value is -0.910. The first-order chi connectivity index (χ1) is 8.72. The molecule has 112 valence electrons. The van der Waals surface area contributed by atoms with Gasteiger partial charge in [0.1, 0.15) is 11.6 Å². The van der Waals surface area contributed by atoms with Crippen LogP contribution in [-0.4, -0.2) is 46.0 Å². The number of amides is 1. The van der Waals surface area contributed by atoms with Crippen molar-refractivity contribution in [2.24, 2.45) is 0 Å². The van der Waals surface area contributed by atoms with Gasteiger partial charge in [-0.15, -0.1) is 0 Å². The Kier molecular flexibility index (Phi) is 7.90. The molecule has 0 aromatic carbocycles. The van der Waals surface area contributed by atoms with Gasteiger partial charge in [0.15, 0.2) is 0 Å². The molecular formula is C13H25NO4S. The van der Waals surface area contributed by atoms with E-state index in [1.165, 1.54) is 4.90 Å². The minimum Gasteiger partial charge on any atom is -0.480 e. The molecule has 0 bridgehead atoms. The number of unbranched alkanes of at least 4 members (excludes halogenated alkanes) is 1. The molecule has 1 N–H and O–H groups in total. The minimum absolute atomic E-state index is 0.307. The average molecular weight is 291 g/mol. The summed E-state index contributed by atoms with van der Waals surface area (Å²) in [6.45, 7) is 7.66. The zero-order chi connectivity index (χ0) is 15.1. The third-order valence-electron chi connectivity index (χ3n) is 2.44. The predicted octanol–water partition coefficient (Wildman–Crippen LogP) is 2.80. The second-order valence-electron chi connectivity index (χ2n) is 5.39. The molecule has 0 saturated heterocycles. The van der Waals surface area contributed by atoms with E-state index in [1.54, 1.807) is 20.8 Å². The second kappa shape index (κ2) is 8.30. The fourth-order valence-electron chi connectivity index (χ4n) is 1.56. The number of hydrogen-bond donors (Lipinski definition) is 2. The molecule has 1 amide bonds. The lowest BCUT2D eigenvalue weighted by Crippen LogP contribution is -2.47. The summed E-state index contributed by atoms with van der Waals surface area (Å²) in [4.78, 5) is 24.7. The molecule has 0 radical (unpaired) electrons. The summed E-state index contributed by atoms with van der Waals surface area (Å²) in [6, 6.07) is -0.876. The molecule has 0 fully saturated rings. The number of hydrogen-bond acceptors (Lipinski definition) is 4. The monoisotopic (exact) mass is 291 g/mol. The molecule has 6 heteroatoms. The van der Waals surface area contributed by atoms with E-state index in [4.69, 9.17) is 4.74 Å². The highest BCUT2D eigenvalue weighted by Gasteiger charge is 2.31. The van der Waals surface area contributed by atoms with E-state index >= 15 is 0 Å². The van der Waals surface area contributed by atoms with Gasteiger partial charge in [0.2, 0.25) is 0 Å². The zero-order valence-electron chi connectivity index (χ0n) is 12.2. The van der Waals surface area contributed by atoms with Crippen LogP contribution in [0.15, 0.2) is 0 Å². The molecule has 5 nitrogen and oxygen atoms in total. The van der Waals surface area contributed by atoms with Crippen molar-refractivity contribution < 1.29 is 19.4 Å². The van der Waals surface area contributed by atoms with Crippen LogP contribution >= 0.6 is 12.6 Å². The van der Waals surface area contributed by atoms with Gasteiger partial charge in [0, 0.05) is 6.54 Å². The molecule has 19 heavy (non-hydrogen) atoms. The Morgan fingerprint density at radius 1 is 1.37 bits per heavy atom. The third kappa shape index (κ3) is 7.30. The Morgan fingerprint density at radius 2 is 1.95 bits per heavy atom. The largest absolute Gasteiger partial charge is 0.480 e. The van der Waals surface area contributed by atoms with E-state index in [0.29, 0.717) is 18.7 Å². The van der Waals surface area contributed by atoms with Gasteiger partial charge in [0.25, 0.3) is 0 Å². The van der Waals surface area contributed by atoms with E-state index in [0.717, 1.165) is 12.8 Å². The van der Waals surface area contributed by atoms with Crippen molar-refractivity contribution in [2.45, 2.75) is 58.6 Å². The van der Waals surface area contributed by atoms with Gasteiger partial charge < -0.3 is 9.84 Å². The maximum Gasteiger partial charge on any atom is 0.411 e. The van der Waals surface area contributed by atoms with Crippen molar-refractivity contribution in [3.05, 3.63) is 0 Å². The molecule has 0 saturated carbocycles. The number of nitrogens with zero attached hydrogens (tertiary/aromatic N) is 1. The van der Waals surface area contributed by atoms with Gasteiger partial charge in [-0.25, -0.2) is 9.59 Å². The number of aliphatic carboxylic acids is 1. The topological polar surface area (TPSA) is 66.8 Å². The smallest absolute Gasteiger partial charge is 0.411 e. The van der Waals surface area contributed by atoms with Crippen molar-refractivity contribution in [3.63, 3.8) is 0 Å². The fourth-order valence-corrected chi connectivity index (χ4v) is 1.80. The maximum atomic E-state index is 12.1. The Morgan fingerprint density at radius 3 is 2.32 bits per heavy atom. The van der Waals surface area contributed by atoms with Crippen molar-refractivity contribution in [1.29, 1.82) is 0 Å². The highest BCUT2D eigenvalue weighted by molar-refractivity contribution is 7.80. The molecule has 0 aromatic rings. The second-order valence-corrected chi connectivity index (χ2v) is 5.84. The first-order valence-electron chi connectivity index (χ1n) is 6.56. The highest BCUT2D eigenvalue weighted by Crippen LogP contribution is 2.15. The molecule has 0 heterocycles. The van der Waals surface area contributed by atoms with E-state index in [-0.39, 0.29) is 0 Å². The fraction of sp³-hybridized carbons (Fsp3) is 0.846. The Bertz CT molecular complexity index is 302. The Labute approximate surface area is 120 Å². The summed E-state index contributed by atoms with van der Waals surface area (Å²) < 4.78 is 5.27. The summed E-state index contributed by atoms with van der Waals surface area (Å²) in [6.07, 6.45) is 1.36. The molecule has 0 aliphatic rings. The lowest BCUT2D eigenvalue weighted by atomic mass is 10.1. The van der Waals surface area contributed by atoms with Crippen LogP contribution in [0.1, 0.15) is 47.0 Å².